The second-order valence-electron chi connectivity index (χ2n) is 7.96. The van der Waals surface area contributed by atoms with Crippen molar-refractivity contribution in [3.05, 3.63) is 52.0 Å². The highest BCUT2D eigenvalue weighted by Crippen LogP contribution is 2.32. The Kier molecular flexibility index (Phi) is 5.50. The zero-order valence-electron chi connectivity index (χ0n) is 16.7. The number of hydrogen-bond donors (Lipinski definition) is 0. The van der Waals surface area contributed by atoms with E-state index >= 15 is 0 Å². The van der Waals surface area contributed by atoms with Crippen molar-refractivity contribution in [3.8, 4) is 11.5 Å². The topological polar surface area (TPSA) is 79.5 Å². The summed E-state index contributed by atoms with van der Waals surface area (Å²) in [6, 6.07) is 9.07. The zero-order chi connectivity index (χ0) is 21.4. The molecule has 4 heterocycles. The molecule has 0 aliphatic carbocycles. The van der Waals surface area contributed by atoms with Crippen molar-refractivity contribution in [1.29, 1.82) is 0 Å². The molecule has 31 heavy (non-hydrogen) atoms. The third-order valence-corrected chi connectivity index (χ3v) is 6.84. The van der Waals surface area contributed by atoms with E-state index in [1.165, 1.54) is 0 Å². The standard InChI is InChI=1S/C22H21ClN4O3S/c23-17-3-5-18(6-4-17)27-12-16(10-19(27)28)22(29)26-8-1-2-14(11-26)20-24-25-21(30-20)15-7-9-31-13-15/h3-7,9,13-14,16H,1-2,8,10-12H2. The fraction of sp³-hybridized carbons (Fsp3) is 0.364. The molecule has 2 saturated heterocycles. The lowest BCUT2D eigenvalue weighted by Crippen LogP contribution is -2.43. The van der Waals surface area contributed by atoms with E-state index < -0.39 is 0 Å². The number of amides is 2. The fourth-order valence-corrected chi connectivity index (χ4v) is 5.04. The molecular formula is C22H21ClN4O3S. The van der Waals surface area contributed by atoms with Gasteiger partial charge in [0.05, 0.1) is 11.8 Å². The Morgan fingerprint density at radius 2 is 2.00 bits per heavy atom. The van der Waals surface area contributed by atoms with Crippen LogP contribution in [0.1, 0.15) is 31.1 Å². The number of benzene rings is 1. The van der Waals surface area contributed by atoms with Gasteiger partial charge in [0.25, 0.3) is 0 Å². The number of carbonyl (C=O) groups is 2. The van der Waals surface area contributed by atoms with Crippen molar-refractivity contribution >= 4 is 40.4 Å². The van der Waals surface area contributed by atoms with E-state index in [1.54, 1.807) is 28.4 Å². The predicted molar refractivity (Wildman–Crippen MR) is 118 cm³/mol. The van der Waals surface area contributed by atoms with Crippen molar-refractivity contribution in [2.24, 2.45) is 5.92 Å². The Labute approximate surface area is 188 Å². The first kappa shape index (κ1) is 20.2. The molecule has 2 atom stereocenters. The van der Waals surface area contributed by atoms with Crippen molar-refractivity contribution in [1.82, 2.24) is 15.1 Å². The Balaban J connectivity index is 1.26. The van der Waals surface area contributed by atoms with Gasteiger partial charge in [-0.15, -0.1) is 10.2 Å². The van der Waals surface area contributed by atoms with E-state index in [0.717, 1.165) is 24.1 Å². The number of thiophene rings is 1. The molecule has 2 aliphatic heterocycles. The molecule has 5 rings (SSSR count). The number of carbonyl (C=O) groups excluding carboxylic acids is 2. The fourth-order valence-electron chi connectivity index (χ4n) is 4.28. The van der Waals surface area contributed by atoms with Crippen molar-refractivity contribution in [3.63, 3.8) is 0 Å². The summed E-state index contributed by atoms with van der Waals surface area (Å²) in [5.74, 6) is 0.746. The van der Waals surface area contributed by atoms with Crippen molar-refractivity contribution in [2.45, 2.75) is 25.2 Å². The first-order valence-electron chi connectivity index (χ1n) is 10.3. The van der Waals surface area contributed by atoms with Gasteiger partial charge in [0.1, 0.15) is 0 Å². The Morgan fingerprint density at radius 1 is 1.16 bits per heavy atom. The SMILES string of the molecule is O=C(C1CC(=O)N(c2ccc(Cl)cc2)C1)N1CCCC(c2nnc(-c3ccsc3)o2)C1. The number of halogens is 1. The maximum Gasteiger partial charge on any atom is 0.248 e. The van der Waals surface area contributed by atoms with E-state index in [0.29, 0.717) is 36.4 Å². The molecule has 2 amide bonds. The number of anilines is 1. The van der Waals surface area contributed by atoms with E-state index in [2.05, 4.69) is 10.2 Å². The maximum atomic E-state index is 13.2. The highest BCUT2D eigenvalue weighted by atomic mass is 35.5. The van der Waals surface area contributed by atoms with Crippen LogP contribution in [0.15, 0.2) is 45.5 Å². The van der Waals surface area contributed by atoms with E-state index in [4.69, 9.17) is 16.0 Å². The molecule has 0 N–H and O–H groups in total. The molecule has 0 spiro atoms. The summed E-state index contributed by atoms with van der Waals surface area (Å²) in [6.07, 6.45) is 2.00. The lowest BCUT2D eigenvalue weighted by Gasteiger charge is -2.32. The molecule has 0 radical (unpaired) electrons. The minimum absolute atomic E-state index is 0.0158. The molecule has 3 aromatic rings. The lowest BCUT2D eigenvalue weighted by atomic mass is 9.96. The molecule has 2 unspecified atom stereocenters. The minimum atomic E-state index is -0.342. The molecule has 2 aromatic heterocycles. The summed E-state index contributed by atoms with van der Waals surface area (Å²) in [5.41, 5.74) is 1.69. The van der Waals surface area contributed by atoms with E-state index in [9.17, 15) is 9.59 Å². The third kappa shape index (κ3) is 4.09. The first-order valence-corrected chi connectivity index (χ1v) is 11.6. The van der Waals surface area contributed by atoms with Crippen LogP contribution in [-0.4, -0.2) is 46.5 Å². The molecular weight excluding hydrogens is 436 g/mol. The second-order valence-corrected chi connectivity index (χ2v) is 9.18. The third-order valence-electron chi connectivity index (χ3n) is 5.90. The van der Waals surface area contributed by atoms with Crippen LogP contribution in [-0.2, 0) is 9.59 Å². The molecule has 7 nitrogen and oxygen atoms in total. The number of hydrogen-bond acceptors (Lipinski definition) is 6. The van der Waals surface area contributed by atoms with Crippen LogP contribution >= 0.6 is 22.9 Å². The van der Waals surface area contributed by atoms with Gasteiger partial charge < -0.3 is 14.2 Å². The van der Waals surface area contributed by atoms with E-state index in [-0.39, 0.29) is 30.1 Å². The number of rotatable bonds is 4. The first-order chi connectivity index (χ1) is 15.1. The second kappa shape index (κ2) is 8.43. The van der Waals surface area contributed by atoms with Crippen LogP contribution in [0.2, 0.25) is 5.02 Å². The minimum Gasteiger partial charge on any atom is -0.420 e. The van der Waals surface area contributed by atoms with E-state index in [1.807, 2.05) is 33.9 Å². The van der Waals surface area contributed by atoms with Gasteiger partial charge in [0.2, 0.25) is 23.6 Å². The maximum absolute atomic E-state index is 13.2. The predicted octanol–water partition coefficient (Wildman–Crippen LogP) is 4.21. The summed E-state index contributed by atoms with van der Waals surface area (Å²) < 4.78 is 5.90. The van der Waals surface area contributed by atoms with Gasteiger partial charge in [-0.1, -0.05) is 11.6 Å². The highest BCUT2D eigenvalue weighted by molar-refractivity contribution is 7.08. The summed E-state index contributed by atoms with van der Waals surface area (Å²) in [5, 5.41) is 13.0. The summed E-state index contributed by atoms with van der Waals surface area (Å²) in [7, 11) is 0. The molecule has 1 aromatic carbocycles. The summed E-state index contributed by atoms with van der Waals surface area (Å²) >= 11 is 7.53. The van der Waals surface area contributed by atoms with Gasteiger partial charge in [0.15, 0.2) is 0 Å². The Hall–Kier alpha value is -2.71. The molecule has 2 aliphatic rings. The lowest BCUT2D eigenvalue weighted by molar-refractivity contribution is -0.137. The quantitative estimate of drug-likeness (QED) is 0.587. The van der Waals surface area contributed by atoms with Crippen molar-refractivity contribution in [2.75, 3.05) is 24.5 Å². The van der Waals surface area contributed by atoms with Gasteiger partial charge in [-0.2, -0.15) is 11.3 Å². The normalized spacial score (nSPS) is 21.6. The van der Waals surface area contributed by atoms with Gasteiger partial charge in [-0.05, 0) is 48.6 Å². The number of piperidine rings is 1. The largest absolute Gasteiger partial charge is 0.420 e. The van der Waals surface area contributed by atoms with Crippen LogP contribution in [0.4, 0.5) is 5.69 Å². The summed E-state index contributed by atoms with van der Waals surface area (Å²) in [6.45, 7) is 1.62. The monoisotopic (exact) mass is 456 g/mol. The van der Waals surface area contributed by atoms with Gasteiger partial charge in [-0.3, -0.25) is 9.59 Å². The average molecular weight is 457 g/mol. The zero-order valence-corrected chi connectivity index (χ0v) is 18.3. The van der Waals surface area contributed by atoms with Crippen LogP contribution < -0.4 is 4.90 Å². The van der Waals surface area contributed by atoms with Gasteiger partial charge in [-0.25, -0.2) is 0 Å². The summed E-state index contributed by atoms with van der Waals surface area (Å²) in [4.78, 5) is 29.3. The van der Waals surface area contributed by atoms with Crippen molar-refractivity contribution < 1.29 is 14.0 Å². The van der Waals surface area contributed by atoms with Gasteiger partial charge >= 0.3 is 0 Å². The number of likely N-dealkylation sites (tertiary alicyclic amines) is 1. The smallest absolute Gasteiger partial charge is 0.248 e. The molecule has 0 saturated carbocycles. The Bertz CT molecular complexity index is 1080. The highest BCUT2D eigenvalue weighted by Gasteiger charge is 2.39. The molecule has 2 fully saturated rings. The Morgan fingerprint density at radius 3 is 2.77 bits per heavy atom. The van der Waals surface area contributed by atoms with Crippen LogP contribution in [0.5, 0.6) is 0 Å². The van der Waals surface area contributed by atoms with Crippen LogP contribution in [0.3, 0.4) is 0 Å². The molecule has 0 bridgehead atoms. The molecule has 160 valence electrons. The van der Waals surface area contributed by atoms with Gasteiger partial charge in [0, 0.05) is 47.7 Å². The number of aromatic nitrogens is 2. The van der Waals surface area contributed by atoms with Crippen LogP contribution in [0.25, 0.3) is 11.5 Å². The number of nitrogens with zero attached hydrogens (tertiary/aromatic N) is 4. The van der Waals surface area contributed by atoms with Crippen LogP contribution in [0, 0.1) is 5.92 Å². The average Bonchev–Trinajstić information content (AvgIpc) is 3.54. The molecule has 9 heteroatoms.